The fourth-order valence-electron chi connectivity index (χ4n) is 8.54. The largest absolute Gasteiger partial charge is 0.505 e. The highest BCUT2D eigenvalue weighted by atomic mass is 35.5. The molecule has 3 heterocycles. The molecule has 3 aliphatic heterocycles. The zero-order valence-electron chi connectivity index (χ0n) is 42.9. The molecule has 0 unspecified atom stereocenters. The Morgan fingerprint density at radius 2 is 1.57 bits per heavy atom. The number of aliphatic hydroxyl groups is 4. The van der Waals surface area contributed by atoms with Crippen LogP contribution in [0.5, 0.6) is 11.5 Å². The lowest BCUT2D eigenvalue weighted by atomic mass is 9.88. The topological polar surface area (TPSA) is 263 Å². The number of phenolic OH excluding ortho intramolecular Hbond substituents is 2. The quantitative estimate of drug-likeness (QED) is 0.0705. The number of allylic oxidation sites excluding steroid dienone is 4. The number of ketones is 1. The molecule has 3 aliphatic rings. The van der Waals surface area contributed by atoms with Crippen molar-refractivity contribution in [3.05, 3.63) is 79.9 Å². The molecule has 0 aliphatic carbocycles. The van der Waals surface area contributed by atoms with Gasteiger partial charge in [-0.05, 0) is 90.5 Å². The van der Waals surface area contributed by atoms with E-state index in [9.17, 15) is 49.8 Å². The number of rotatable bonds is 13. The van der Waals surface area contributed by atoms with Crippen LogP contribution < -0.4 is 0 Å². The second kappa shape index (κ2) is 26.3. The van der Waals surface area contributed by atoms with Crippen molar-refractivity contribution in [2.45, 2.75) is 181 Å². The minimum Gasteiger partial charge on any atom is -0.505 e. The van der Waals surface area contributed by atoms with E-state index in [4.69, 9.17) is 61.1 Å². The monoisotopic (exact) mass is 1050 g/mol. The molecule has 20 heteroatoms. The number of carbonyl (C=O) groups is 4. The molecule has 72 heavy (non-hydrogen) atoms. The number of methoxy groups -OCH3 is 1. The van der Waals surface area contributed by atoms with Crippen LogP contribution in [-0.2, 0) is 58.7 Å². The first-order chi connectivity index (χ1) is 33.7. The van der Waals surface area contributed by atoms with Gasteiger partial charge in [0.2, 0.25) is 0 Å². The van der Waals surface area contributed by atoms with E-state index in [2.05, 4.69) is 0 Å². The van der Waals surface area contributed by atoms with Crippen molar-refractivity contribution in [1.82, 2.24) is 0 Å². The lowest BCUT2D eigenvalue weighted by Gasteiger charge is -2.47. The number of esters is 3. The molecular formula is C52H72Cl2O18. The third-order valence-corrected chi connectivity index (χ3v) is 13.6. The zero-order chi connectivity index (χ0) is 54.1. The maximum Gasteiger partial charge on any atom is 0.342 e. The Morgan fingerprint density at radius 1 is 0.903 bits per heavy atom. The molecule has 0 amide bonds. The third-order valence-electron chi connectivity index (χ3n) is 12.9. The Kier molecular flexibility index (Phi) is 22.1. The number of ether oxygens (including phenoxy) is 8. The summed E-state index contributed by atoms with van der Waals surface area (Å²) in [6.07, 6.45) is -4.94. The second-order valence-corrected chi connectivity index (χ2v) is 19.9. The number of cyclic esters (lactones) is 1. The fraction of sp³-hybridized carbons (Fsp3) is 0.615. The van der Waals surface area contributed by atoms with E-state index in [1.807, 2.05) is 26.0 Å². The van der Waals surface area contributed by atoms with Crippen LogP contribution in [0.2, 0.25) is 10.0 Å². The van der Waals surface area contributed by atoms with Gasteiger partial charge in [-0.3, -0.25) is 9.59 Å². The molecule has 402 valence electrons. The van der Waals surface area contributed by atoms with Crippen molar-refractivity contribution in [3.8, 4) is 11.5 Å². The van der Waals surface area contributed by atoms with Crippen LogP contribution in [-0.4, -0.2) is 147 Å². The van der Waals surface area contributed by atoms with Gasteiger partial charge in [0.05, 0.1) is 41.4 Å². The van der Waals surface area contributed by atoms with E-state index in [1.165, 1.54) is 33.1 Å². The first-order valence-electron chi connectivity index (χ1n) is 24.0. The average Bonchev–Trinajstić information content (AvgIpc) is 3.32. The molecular weight excluding hydrogens is 983 g/mol. The highest BCUT2D eigenvalue weighted by Gasteiger charge is 2.53. The second-order valence-electron chi connectivity index (χ2n) is 19.2. The van der Waals surface area contributed by atoms with Gasteiger partial charge in [-0.25, -0.2) is 9.59 Å². The normalized spacial score (nSPS) is 31.0. The number of hydrogen-bond acceptors (Lipinski definition) is 18. The van der Waals surface area contributed by atoms with E-state index in [0.29, 0.717) is 23.1 Å². The standard InChI is InChI=1S/C52H72Cl2O18/c1-13-30-22-26(6)33(56)18-16-15-17-31(23-66-51-45(65-12)42(61)44(29(9)67-51)69-49(64)35-32(14-2)36(53)39(58)37(54)38(35)57)48(63)68-34(28(8)55)20-19-25(5)21-27(7)43(30)70-50-41(60)40(59)46(52(10,11)72-50)71-47(62)24(3)4/h15-17,19,21-22,24,29-30,33-34,40-46,50-51,56-61H,13-14,18,20,23H2,1-12H3/t29-,30+,33+,34+,40-,41+,42+,43+,44-,45+,46+,50-,51-/m1/s1. The van der Waals surface area contributed by atoms with E-state index < -0.39 is 143 Å². The Morgan fingerprint density at radius 3 is 2.17 bits per heavy atom. The Labute approximate surface area is 431 Å². The molecule has 2 fully saturated rings. The average molecular weight is 1060 g/mol. The van der Waals surface area contributed by atoms with Crippen LogP contribution in [0.1, 0.15) is 111 Å². The van der Waals surface area contributed by atoms with Crippen molar-refractivity contribution in [2.75, 3.05) is 13.7 Å². The molecule has 1 aromatic rings. The number of Topliss-reactive ketones (excluding diaryl/α,β-unsaturated/α-hetero) is 1. The van der Waals surface area contributed by atoms with E-state index in [0.717, 1.165) is 0 Å². The molecule has 6 N–H and O–H groups in total. The number of aliphatic hydroxyl groups excluding tert-OH is 4. The lowest BCUT2D eigenvalue weighted by molar-refractivity contribution is -0.333. The first-order valence-corrected chi connectivity index (χ1v) is 24.7. The summed E-state index contributed by atoms with van der Waals surface area (Å²) in [5.41, 5.74) is 0.184. The summed E-state index contributed by atoms with van der Waals surface area (Å²) in [7, 11) is 1.25. The molecule has 13 atom stereocenters. The molecule has 1 aromatic carbocycles. The highest BCUT2D eigenvalue weighted by molar-refractivity contribution is 6.39. The van der Waals surface area contributed by atoms with Crippen LogP contribution in [0.4, 0.5) is 0 Å². The van der Waals surface area contributed by atoms with Crippen LogP contribution in [0, 0.1) is 11.8 Å². The number of aromatic hydroxyl groups is 2. The van der Waals surface area contributed by atoms with Gasteiger partial charge >= 0.3 is 17.9 Å². The van der Waals surface area contributed by atoms with Gasteiger partial charge in [-0.1, -0.05) is 86.9 Å². The molecule has 0 aromatic heterocycles. The summed E-state index contributed by atoms with van der Waals surface area (Å²) >= 11 is 12.3. The zero-order valence-corrected chi connectivity index (χ0v) is 44.4. The van der Waals surface area contributed by atoms with Gasteiger partial charge in [0.15, 0.2) is 48.2 Å². The molecule has 0 spiro atoms. The molecule has 0 saturated carbocycles. The van der Waals surface area contributed by atoms with Gasteiger partial charge in [0, 0.05) is 19.4 Å². The predicted molar refractivity (Wildman–Crippen MR) is 264 cm³/mol. The molecule has 0 bridgehead atoms. The number of phenols is 2. The van der Waals surface area contributed by atoms with Gasteiger partial charge in [0.1, 0.15) is 40.6 Å². The number of halogens is 2. The van der Waals surface area contributed by atoms with Crippen LogP contribution >= 0.6 is 23.2 Å². The van der Waals surface area contributed by atoms with Crippen molar-refractivity contribution in [3.63, 3.8) is 0 Å². The highest BCUT2D eigenvalue weighted by Crippen LogP contribution is 2.45. The van der Waals surface area contributed by atoms with Gasteiger partial charge in [-0.15, -0.1) is 0 Å². The molecule has 0 radical (unpaired) electrons. The molecule has 18 nitrogen and oxygen atoms in total. The Balaban J connectivity index is 1.61. The minimum atomic E-state index is -1.62. The van der Waals surface area contributed by atoms with Crippen molar-refractivity contribution < 1.29 is 87.7 Å². The third kappa shape index (κ3) is 14.6. The minimum absolute atomic E-state index is 0.0305. The van der Waals surface area contributed by atoms with Gasteiger partial charge in [-0.2, -0.15) is 0 Å². The smallest absolute Gasteiger partial charge is 0.342 e. The van der Waals surface area contributed by atoms with Crippen LogP contribution in [0.3, 0.4) is 0 Å². The number of carbonyl (C=O) groups excluding carboxylic acids is 4. The van der Waals surface area contributed by atoms with E-state index in [1.54, 1.807) is 60.6 Å². The lowest BCUT2D eigenvalue weighted by Crippen LogP contribution is -2.64. The summed E-state index contributed by atoms with van der Waals surface area (Å²) < 4.78 is 47.3. The molecule has 2 saturated heterocycles. The summed E-state index contributed by atoms with van der Waals surface area (Å²) in [5, 5.41) is 65.6. The number of benzene rings is 1. The van der Waals surface area contributed by atoms with Crippen LogP contribution in [0.25, 0.3) is 0 Å². The predicted octanol–water partition coefficient (Wildman–Crippen LogP) is 6.44. The van der Waals surface area contributed by atoms with Crippen molar-refractivity contribution in [1.29, 1.82) is 0 Å². The maximum atomic E-state index is 13.9. The Hall–Kier alpha value is -4.18. The number of hydrogen-bond donors (Lipinski definition) is 6. The summed E-state index contributed by atoms with van der Waals surface area (Å²) in [6, 6.07) is 0. The van der Waals surface area contributed by atoms with E-state index >= 15 is 0 Å². The fourth-order valence-corrected chi connectivity index (χ4v) is 9.10. The Bertz CT molecular complexity index is 2270. The first kappa shape index (κ1) is 60.4. The van der Waals surface area contributed by atoms with Gasteiger partial charge < -0.3 is 68.5 Å². The van der Waals surface area contributed by atoms with E-state index in [-0.39, 0.29) is 35.4 Å². The molecule has 4 rings (SSSR count). The summed E-state index contributed by atoms with van der Waals surface area (Å²) in [6.45, 7) is 17.7. The summed E-state index contributed by atoms with van der Waals surface area (Å²) in [4.78, 5) is 52.9. The SMILES string of the molecule is CCc1c(Cl)c(O)c(Cl)c(O)c1C(=O)O[C@H]1[C@H](O)[C@H](OC)[C@H](OCC2=CC=CC[C@H](O)C(C)=C[C@H](CC)[C@@H](O[C@@H]3OC(C)(C)[C@@H](OC(=O)C(C)C)[C@H](O)[C@@H]3O)C(C)=CC(C)=CC[C@@H](C(C)=O)OC2=O)O[C@@H]1C. The van der Waals surface area contributed by atoms with Crippen molar-refractivity contribution >= 4 is 46.9 Å². The van der Waals surface area contributed by atoms with Gasteiger partial charge in [0.25, 0.3) is 0 Å². The van der Waals surface area contributed by atoms with Crippen molar-refractivity contribution in [2.24, 2.45) is 11.8 Å². The summed E-state index contributed by atoms with van der Waals surface area (Å²) in [5.74, 6) is -5.34. The maximum absolute atomic E-state index is 13.9. The van der Waals surface area contributed by atoms with Crippen LogP contribution in [0.15, 0.2) is 58.7 Å².